The van der Waals surface area contributed by atoms with Crippen molar-refractivity contribution in [2.75, 3.05) is 13.7 Å². The van der Waals surface area contributed by atoms with Gasteiger partial charge in [-0.1, -0.05) is 13.8 Å². The molecule has 0 amide bonds. The van der Waals surface area contributed by atoms with Crippen LogP contribution in [0.4, 0.5) is 0 Å². The van der Waals surface area contributed by atoms with Gasteiger partial charge in [0.1, 0.15) is 0 Å². The first-order valence-corrected chi connectivity index (χ1v) is 5.87. The number of carbonyl (C=O) groups excluding carboxylic acids is 1. The zero-order chi connectivity index (χ0) is 11.5. The zero-order valence-electron chi connectivity index (χ0n) is 10.3. The molecule has 3 heteroatoms. The Kier molecular flexibility index (Phi) is 4.14. The average Bonchev–Trinajstić information content (AvgIpc) is 2.10. The van der Waals surface area contributed by atoms with Crippen molar-refractivity contribution >= 4 is 5.97 Å². The zero-order valence-corrected chi connectivity index (χ0v) is 10.3. The fraction of sp³-hybridized carbons (Fsp3) is 0.917. The molecule has 0 heterocycles. The van der Waals surface area contributed by atoms with Crippen molar-refractivity contribution in [1.82, 2.24) is 5.32 Å². The van der Waals surface area contributed by atoms with Crippen LogP contribution in [0.5, 0.6) is 0 Å². The van der Waals surface area contributed by atoms with Gasteiger partial charge in [0.05, 0.1) is 13.0 Å². The summed E-state index contributed by atoms with van der Waals surface area (Å²) >= 11 is 0. The van der Waals surface area contributed by atoms with Crippen LogP contribution in [0.1, 0.15) is 40.0 Å². The van der Waals surface area contributed by atoms with Crippen LogP contribution in [0, 0.1) is 11.8 Å². The quantitative estimate of drug-likeness (QED) is 0.709. The van der Waals surface area contributed by atoms with Gasteiger partial charge in [0, 0.05) is 5.54 Å². The van der Waals surface area contributed by atoms with Crippen LogP contribution in [0.2, 0.25) is 0 Å². The Labute approximate surface area is 92.6 Å². The lowest BCUT2D eigenvalue weighted by atomic mass is 9.63. The van der Waals surface area contributed by atoms with E-state index in [1.54, 1.807) is 0 Å². The lowest BCUT2D eigenvalue weighted by Crippen LogP contribution is -2.56. The first-order chi connectivity index (χ1) is 7.03. The summed E-state index contributed by atoms with van der Waals surface area (Å²) in [5, 5.41) is 3.29. The van der Waals surface area contributed by atoms with Crippen LogP contribution < -0.4 is 5.32 Å². The lowest BCUT2D eigenvalue weighted by molar-refractivity contribution is -0.146. The van der Waals surface area contributed by atoms with Gasteiger partial charge in [-0.25, -0.2) is 0 Å². The number of esters is 1. The molecule has 15 heavy (non-hydrogen) atoms. The summed E-state index contributed by atoms with van der Waals surface area (Å²) in [7, 11) is 1.94. The number of ether oxygens (including phenoxy) is 1. The van der Waals surface area contributed by atoms with Gasteiger partial charge in [0.2, 0.25) is 0 Å². The minimum absolute atomic E-state index is 0.0151. The molecule has 88 valence electrons. The van der Waals surface area contributed by atoms with Crippen molar-refractivity contribution in [3.63, 3.8) is 0 Å². The highest BCUT2D eigenvalue weighted by atomic mass is 16.5. The first-order valence-electron chi connectivity index (χ1n) is 5.87. The van der Waals surface area contributed by atoms with Gasteiger partial charge < -0.3 is 10.1 Å². The summed E-state index contributed by atoms with van der Waals surface area (Å²) in [4.78, 5) is 11.4. The molecule has 0 spiro atoms. The molecule has 3 nitrogen and oxygen atoms in total. The topological polar surface area (TPSA) is 38.3 Å². The van der Waals surface area contributed by atoms with Crippen LogP contribution in [-0.2, 0) is 9.53 Å². The van der Waals surface area contributed by atoms with E-state index in [2.05, 4.69) is 19.2 Å². The van der Waals surface area contributed by atoms with E-state index in [0.717, 1.165) is 18.8 Å². The predicted octanol–water partition coefficient (Wildman–Crippen LogP) is 1.96. The van der Waals surface area contributed by atoms with Gasteiger partial charge in [-0.15, -0.1) is 0 Å². The third-order valence-electron chi connectivity index (χ3n) is 3.57. The third-order valence-corrected chi connectivity index (χ3v) is 3.57. The van der Waals surface area contributed by atoms with Crippen LogP contribution in [0.15, 0.2) is 0 Å². The fourth-order valence-electron chi connectivity index (χ4n) is 2.34. The molecule has 0 aromatic rings. The summed E-state index contributed by atoms with van der Waals surface area (Å²) in [6.45, 7) is 6.82. The summed E-state index contributed by atoms with van der Waals surface area (Å²) < 4.78 is 4.99. The Morgan fingerprint density at radius 1 is 1.53 bits per heavy atom. The highest BCUT2D eigenvalue weighted by molar-refractivity contribution is 5.71. The maximum Gasteiger partial charge on any atom is 0.307 e. The minimum Gasteiger partial charge on any atom is -0.466 e. The Hall–Kier alpha value is -0.570. The van der Waals surface area contributed by atoms with Gasteiger partial charge in [-0.3, -0.25) is 4.79 Å². The van der Waals surface area contributed by atoms with Gasteiger partial charge in [0.15, 0.2) is 0 Å². The standard InChI is InChI=1S/C12H23NO2/c1-5-15-11(14)8-12(13-4)6-10(7-12)9(2)3/h9-10,13H,5-8H2,1-4H3. The lowest BCUT2D eigenvalue weighted by Gasteiger charge is -2.49. The summed E-state index contributed by atoms with van der Waals surface area (Å²) in [6.07, 6.45) is 2.71. The molecule has 0 aromatic carbocycles. The molecule has 1 aliphatic rings. The van der Waals surface area contributed by atoms with Gasteiger partial charge in [0.25, 0.3) is 0 Å². The molecule has 1 aliphatic carbocycles. The molecule has 0 unspecified atom stereocenters. The highest BCUT2D eigenvalue weighted by Gasteiger charge is 2.45. The van der Waals surface area contributed by atoms with E-state index in [0.29, 0.717) is 18.9 Å². The molecule has 0 saturated heterocycles. The van der Waals surface area contributed by atoms with E-state index >= 15 is 0 Å². The maximum absolute atomic E-state index is 11.4. The molecule has 0 aliphatic heterocycles. The third kappa shape index (κ3) is 2.94. The highest BCUT2D eigenvalue weighted by Crippen LogP contribution is 2.44. The van der Waals surface area contributed by atoms with Crippen LogP contribution in [0.25, 0.3) is 0 Å². The van der Waals surface area contributed by atoms with E-state index in [1.807, 2.05) is 14.0 Å². The Morgan fingerprint density at radius 2 is 2.13 bits per heavy atom. The monoisotopic (exact) mass is 213 g/mol. The number of hydrogen-bond acceptors (Lipinski definition) is 3. The molecule has 0 bridgehead atoms. The first kappa shape index (κ1) is 12.5. The molecule has 0 aromatic heterocycles. The van der Waals surface area contributed by atoms with Crippen molar-refractivity contribution in [2.45, 2.75) is 45.6 Å². The van der Waals surface area contributed by atoms with Gasteiger partial charge in [-0.2, -0.15) is 0 Å². The summed E-state index contributed by atoms with van der Waals surface area (Å²) in [5.41, 5.74) is 0.0151. The van der Waals surface area contributed by atoms with E-state index in [9.17, 15) is 4.79 Å². The molecule has 1 saturated carbocycles. The van der Waals surface area contributed by atoms with Gasteiger partial charge >= 0.3 is 5.97 Å². The van der Waals surface area contributed by atoms with Gasteiger partial charge in [-0.05, 0) is 38.6 Å². The Morgan fingerprint density at radius 3 is 2.53 bits per heavy atom. The smallest absolute Gasteiger partial charge is 0.307 e. The molecule has 0 atom stereocenters. The minimum atomic E-state index is -0.0749. The number of hydrogen-bond donors (Lipinski definition) is 1. The second-order valence-corrected chi connectivity index (χ2v) is 4.92. The number of nitrogens with one attached hydrogen (secondary N) is 1. The molecule has 1 rings (SSSR count). The van der Waals surface area contributed by atoms with E-state index in [1.165, 1.54) is 0 Å². The fourth-order valence-corrected chi connectivity index (χ4v) is 2.34. The maximum atomic E-state index is 11.4. The molecular weight excluding hydrogens is 190 g/mol. The van der Waals surface area contributed by atoms with Crippen molar-refractivity contribution in [3.8, 4) is 0 Å². The second-order valence-electron chi connectivity index (χ2n) is 4.92. The van der Waals surface area contributed by atoms with Crippen molar-refractivity contribution < 1.29 is 9.53 Å². The van der Waals surface area contributed by atoms with Crippen molar-refractivity contribution in [3.05, 3.63) is 0 Å². The number of carbonyl (C=O) groups is 1. The largest absolute Gasteiger partial charge is 0.466 e. The number of rotatable bonds is 5. The molecular formula is C12H23NO2. The Balaban J connectivity index is 2.41. The van der Waals surface area contributed by atoms with E-state index < -0.39 is 0 Å². The molecule has 1 N–H and O–H groups in total. The van der Waals surface area contributed by atoms with E-state index in [-0.39, 0.29) is 11.5 Å². The SMILES string of the molecule is CCOC(=O)CC1(NC)CC(C(C)C)C1. The predicted molar refractivity (Wildman–Crippen MR) is 60.6 cm³/mol. The second kappa shape index (κ2) is 4.97. The Bertz CT molecular complexity index is 220. The molecule has 0 radical (unpaired) electrons. The average molecular weight is 213 g/mol. The summed E-state index contributed by atoms with van der Waals surface area (Å²) in [6, 6.07) is 0. The van der Waals surface area contributed by atoms with Crippen molar-refractivity contribution in [2.24, 2.45) is 11.8 Å². The van der Waals surface area contributed by atoms with Crippen LogP contribution in [0.3, 0.4) is 0 Å². The summed E-state index contributed by atoms with van der Waals surface area (Å²) in [5.74, 6) is 1.40. The molecule has 1 fully saturated rings. The van der Waals surface area contributed by atoms with Crippen molar-refractivity contribution in [1.29, 1.82) is 0 Å². The van der Waals surface area contributed by atoms with Crippen LogP contribution >= 0.6 is 0 Å². The van der Waals surface area contributed by atoms with Crippen LogP contribution in [-0.4, -0.2) is 25.2 Å². The van der Waals surface area contributed by atoms with E-state index in [4.69, 9.17) is 4.74 Å². The normalized spacial score (nSPS) is 30.1.